The molecule has 3 aromatic rings. The van der Waals surface area contributed by atoms with Crippen molar-refractivity contribution in [3.8, 4) is 22.6 Å². The van der Waals surface area contributed by atoms with Crippen molar-refractivity contribution in [2.75, 3.05) is 6.54 Å². The number of aromatic nitrogens is 2. The minimum absolute atomic E-state index is 0.232. The summed E-state index contributed by atoms with van der Waals surface area (Å²) in [5.74, 6) is 0.194. The number of carbonyl (C=O) groups excluding carboxylic acids is 1. The molecule has 2 heterocycles. The molecule has 1 atom stereocenters. The highest BCUT2D eigenvalue weighted by Gasteiger charge is 2.31. The van der Waals surface area contributed by atoms with E-state index in [2.05, 4.69) is 15.2 Å². The summed E-state index contributed by atoms with van der Waals surface area (Å²) < 4.78 is 48.9. The van der Waals surface area contributed by atoms with Crippen LogP contribution in [-0.2, 0) is 13.5 Å². The van der Waals surface area contributed by atoms with Crippen molar-refractivity contribution < 1.29 is 27.4 Å². The number of benzene rings is 2. The maximum absolute atomic E-state index is 12.5. The molecule has 4 rings (SSSR count). The van der Waals surface area contributed by atoms with Crippen LogP contribution >= 0.6 is 0 Å². The van der Waals surface area contributed by atoms with Crippen LogP contribution in [0, 0.1) is 6.92 Å². The number of hydrogen-bond acceptors (Lipinski definition) is 4. The van der Waals surface area contributed by atoms with Crippen molar-refractivity contribution in [1.29, 1.82) is 0 Å². The quantitative estimate of drug-likeness (QED) is 0.663. The Bertz CT molecular complexity index is 1120. The topological polar surface area (TPSA) is 65.4 Å². The summed E-state index contributed by atoms with van der Waals surface area (Å²) in [6.45, 7) is 2.14. The van der Waals surface area contributed by atoms with Crippen molar-refractivity contribution in [1.82, 2.24) is 15.1 Å². The molecule has 6 nitrogen and oxygen atoms in total. The number of ether oxygens (including phenoxy) is 2. The standard InChI is InChI=1S/C22H20F3N3O3/c1-13-8-19(28(2)27-13)21(29)26-12-18-11-16-9-15(6-7-20(16)30-18)14-4-3-5-17(10-14)31-22(23,24)25/h3-10,18H,11-12H2,1-2H3,(H,26,29)/t18-/m1/s1. The molecule has 0 spiro atoms. The molecule has 0 saturated heterocycles. The molecule has 2 aromatic carbocycles. The molecule has 1 aliphatic rings. The summed E-state index contributed by atoms with van der Waals surface area (Å²) in [5, 5.41) is 7.02. The lowest BCUT2D eigenvalue weighted by molar-refractivity contribution is -0.274. The average molecular weight is 431 g/mol. The van der Waals surface area contributed by atoms with Gasteiger partial charge in [0.2, 0.25) is 0 Å². The minimum atomic E-state index is -4.74. The number of halogens is 3. The Hall–Kier alpha value is -3.49. The largest absolute Gasteiger partial charge is 0.573 e. The van der Waals surface area contributed by atoms with E-state index in [0.717, 1.165) is 16.8 Å². The highest BCUT2D eigenvalue weighted by atomic mass is 19.4. The number of carbonyl (C=O) groups is 1. The van der Waals surface area contributed by atoms with Gasteiger partial charge in [-0.2, -0.15) is 5.10 Å². The molecule has 0 fully saturated rings. The van der Waals surface area contributed by atoms with Gasteiger partial charge < -0.3 is 14.8 Å². The van der Waals surface area contributed by atoms with Gasteiger partial charge in [0.15, 0.2) is 0 Å². The second kappa shape index (κ2) is 7.98. The van der Waals surface area contributed by atoms with Crippen molar-refractivity contribution in [3.05, 3.63) is 65.5 Å². The lowest BCUT2D eigenvalue weighted by Gasteiger charge is -2.12. The number of aryl methyl sites for hydroxylation is 2. The second-order valence-electron chi connectivity index (χ2n) is 7.35. The Morgan fingerprint density at radius 3 is 2.71 bits per heavy atom. The van der Waals surface area contributed by atoms with Crippen molar-refractivity contribution >= 4 is 5.91 Å². The Morgan fingerprint density at radius 1 is 1.23 bits per heavy atom. The van der Waals surface area contributed by atoms with Crippen LogP contribution in [0.5, 0.6) is 11.5 Å². The van der Waals surface area contributed by atoms with E-state index in [1.165, 1.54) is 22.9 Å². The lowest BCUT2D eigenvalue weighted by atomic mass is 10.0. The minimum Gasteiger partial charge on any atom is -0.488 e. The van der Waals surface area contributed by atoms with Crippen molar-refractivity contribution in [3.63, 3.8) is 0 Å². The molecule has 0 radical (unpaired) electrons. The predicted octanol–water partition coefficient (Wildman–Crippen LogP) is 4.03. The molecule has 1 aromatic heterocycles. The fourth-order valence-electron chi connectivity index (χ4n) is 3.61. The predicted molar refractivity (Wildman–Crippen MR) is 107 cm³/mol. The van der Waals surface area contributed by atoms with Crippen LogP contribution in [0.2, 0.25) is 0 Å². The van der Waals surface area contributed by atoms with E-state index in [1.807, 2.05) is 13.0 Å². The van der Waals surface area contributed by atoms with Gasteiger partial charge in [0, 0.05) is 13.5 Å². The number of nitrogens with one attached hydrogen (secondary N) is 1. The second-order valence-corrected chi connectivity index (χ2v) is 7.35. The summed E-state index contributed by atoms with van der Waals surface area (Å²) >= 11 is 0. The van der Waals surface area contributed by atoms with Crippen LogP contribution in [0.3, 0.4) is 0 Å². The summed E-state index contributed by atoms with van der Waals surface area (Å²) in [6, 6.07) is 13.0. The number of hydrogen-bond donors (Lipinski definition) is 1. The van der Waals surface area contributed by atoms with Crippen LogP contribution in [0.15, 0.2) is 48.5 Å². The van der Waals surface area contributed by atoms with E-state index >= 15 is 0 Å². The number of alkyl halides is 3. The van der Waals surface area contributed by atoms with E-state index in [4.69, 9.17) is 4.74 Å². The van der Waals surface area contributed by atoms with Crippen LogP contribution < -0.4 is 14.8 Å². The summed E-state index contributed by atoms with van der Waals surface area (Å²) in [7, 11) is 1.71. The Labute approximate surface area is 176 Å². The smallest absolute Gasteiger partial charge is 0.488 e. The summed E-state index contributed by atoms with van der Waals surface area (Å²) in [5.41, 5.74) is 3.51. The fraction of sp³-hybridized carbons (Fsp3) is 0.273. The third kappa shape index (κ3) is 4.82. The molecule has 1 aliphatic heterocycles. The molecular weight excluding hydrogens is 411 g/mol. The van der Waals surface area contributed by atoms with Crippen molar-refractivity contribution in [2.24, 2.45) is 7.05 Å². The molecule has 1 amide bonds. The molecular formula is C22H20F3N3O3. The van der Waals surface area contributed by atoms with Crippen LogP contribution in [0.25, 0.3) is 11.1 Å². The van der Waals surface area contributed by atoms with Crippen LogP contribution in [-0.4, -0.2) is 34.7 Å². The number of nitrogens with zero attached hydrogens (tertiary/aromatic N) is 2. The molecule has 0 saturated carbocycles. The lowest BCUT2D eigenvalue weighted by Crippen LogP contribution is -2.35. The van der Waals surface area contributed by atoms with Gasteiger partial charge >= 0.3 is 6.36 Å². The van der Waals surface area contributed by atoms with Gasteiger partial charge in [-0.1, -0.05) is 18.2 Å². The normalized spacial score (nSPS) is 15.3. The molecule has 9 heteroatoms. The maximum atomic E-state index is 12.5. The van der Waals surface area contributed by atoms with E-state index in [-0.39, 0.29) is 17.8 Å². The fourth-order valence-corrected chi connectivity index (χ4v) is 3.61. The van der Waals surface area contributed by atoms with Crippen LogP contribution in [0.4, 0.5) is 13.2 Å². The Balaban J connectivity index is 1.42. The number of amides is 1. The zero-order chi connectivity index (χ0) is 22.2. The maximum Gasteiger partial charge on any atom is 0.573 e. The van der Waals surface area contributed by atoms with Crippen LogP contribution in [0.1, 0.15) is 21.7 Å². The van der Waals surface area contributed by atoms with Gasteiger partial charge in [0.25, 0.3) is 5.91 Å². The molecule has 162 valence electrons. The molecule has 0 bridgehead atoms. The Kier molecular flexibility index (Phi) is 5.34. The third-order valence-electron chi connectivity index (χ3n) is 4.93. The summed E-state index contributed by atoms with van der Waals surface area (Å²) in [4.78, 5) is 12.4. The zero-order valence-corrected chi connectivity index (χ0v) is 16.9. The molecule has 0 unspecified atom stereocenters. The Morgan fingerprint density at radius 2 is 2.00 bits per heavy atom. The van der Waals surface area contributed by atoms with Gasteiger partial charge in [0.05, 0.1) is 12.2 Å². The first-order chi connectivity index (χ1) is 14.7. The van der Waals surface area contributed by atoms with Gasteiger partial charge in [-0.3, -0.25) is 9.48 Å². The first kappa shape index (κ1) is 20.8. The highest BCUT2D eigenvalue weighted by molar-refractivity contribution is 5.92. The highest BCUT2D eigenvalue weighted by Crippen LogP contribution is 2.34. The van der Waals surface area contributed by atoms with Gasteiger partial charge in [-0.25, -0.2) is 0 Å². The van der Waals surface area contributed by atoms with Gasteiger partial charge in [0.1, 0.15) is 23.3 Å². The first-order valence-electron chi connectivity index (χ1n) is 9.62. The monoisotopic (exact) mass is 431 g/mol. The van der Waals surface area contributed by atoms with E-state index in [1.54, 1.807) is 31.3 Å². The molecule has 0 aliphatic carbocycles. The average Bonchev–Trinajstić information content (AvgIpc) is 3.26. The van der Waals surface area contributed by atoms with E-state index in [0.29, 0.717) is 30.0 Å². The van der Waals surface area contributed by atoms with Crippen molar-refractivity contribution in [2.45, 2.75) is 25.8 Å². The van der Waals surface area contributed by atoms with E-state index in [9.17, 15) is 18.0 Å². The van der Waals surface area contributed by atoms with E-state index < -0.39 is 6.36 Å². The number of fused-ring (bicyclic) bond motifs is 1. The van der Waals surface area contributed by atoms with Gasteiger partial charge in [-0.05, 0) is 53.9 Å². The van der Waals surface area contributed by atoms with Gasteiger partial charge in [-0.15, -0.1) is 13.2 Å². The molecule has 1 N–H and O–H groups in total. The first-order valence-corrected chi connectivity index (χ1v) is 9.62. The summed E-state index contributed by atoms with van der Waals surface area (Å²) in [6.07, 6.45) is -4.40. The zero-order valence-electron chi connectivity index (χ0n) is 16.9. The number of rotatable bonds is 5. The molecule has 31 heavy (non-hydrogen) atoms. The SMILES string of the molecule is Cc1cc(C(=O)NC[C@H]2Cc3cc(-c4cccc(OC(F)(F)F)c4)ccc3O2)n(C)n1. The third-order valence-corrected chi connectivity index (χ3v) is 4.93.